The summed E-state index contributed by atoms with van der Waals surface area (Å²) in [5, 5.41) is 20.2. The van der Waals surface area contributed by atoms with Gasteiger partial charge in [-0.25, -0.2) is 4.79 Å². The summed E-state index contributed by atoms with van der Waals surface area (Å²) >= 11 is 0. The Morgan fingerprint density at radius 2 is 2.12 bits per heavy atom. The second kappa shape index (κ2) is 6.76. The van der Waals surface area contributed by atoms with Crippen LogP contribution in [0.1, 0.15) is 32.9 Å². The largest absolute Gasteiger partial charge is 0.481 e. The first-order chi connectivity index (χ1) is 11.1. The number of aliphatic carboxylic acids is 1. The van der Waals surface area contributed by atoms with Crippen molar-refractivity contribution in [2.24, 2.45) is 5.41 Å². The average Bonchev–Trinajstić information content (AvgIpc) is 2.48. The highest BCUT2D eigenvalue weighted by Crippen LogP contribution is 2.35. The van der Waals surface area contributed by atoms with Gasteiger partial charge in [0.15, 0.2) is 0 Å². The molecule has 0 aromatic carbocycles. The van der Waals surface area contributed by atoms with E-state index >= 15 is 0 Å². The summed E-state index contributed by atoms with van der Waals surface area (Å²) in [5.41, 5.74) is -1.60. The van der Waals surface area contributed by atoms with Crippen molar-refractivity contribution in [2.45, 2.75) is 45.3 Å². The van der Waals surface area contributed by atoms with Crippen LogP contribution < -0.4 is 0 Å². The normalized spacial score (nSPS) is 24.5. The highest BCUT2D eigenvalue weighted by Gasteiger charge is 2.51. The summed E-state index contributed by atoms with van der Waals surface area (Å²) in [5.74, 6) is -1.14. The van der Waals surface area contributed by atoms with E-state index in [2.05, 4.69) is 4.98 Å². The van der Waals surface area contributed by atoms with Crippen molar-refractivity contribution in [3.8, 4) is 0 Å². The molecule has 0 radical (unpaired) electrons. The number of aliphatic hydroxyl groups excluding tert-OH is 1. The average molecular weight is 336 g/mol. The molecule has 132 valence electrons. The Bertz CT molecular complexity index is 599. The van der Waals surface area contributed by atoms with E-state index < -0.39 is 29.2 Å². The number of amides is 1. The van der Waals surface area contributed by atoms with Gasteiger partial charge in [0.1, 0.15) is 11.0 Å². The van der Waals surface area contributed by atoms with Gasteiger partial charge in [-0.3, -0.25) is 9.78 Å². The van der Waals surface area contributed by atoms with E-state index in [0.717, 1.165) is 0 Å². The summed E-state index contributed by atoms with van der Waals surface area (Å²) in [6.07, 6.45) is 0.171. The van der Waals surface area contributed by atoms with E-state index in [-0.39, 0.29) is 25.9 Å². The molecular formula is C17H24N2O5. The van der Waals surface area contributed by atoms with E-state index in [9.17, 15) is 19.8 Å². The molecule has 1 saturated heterocycles. The molecule has 1 amide bonds. The number of likely N-dealkylation sites (tertiary alicyclic amines) is 1. The van der Waals surface area contributed by atoms with E-state index in [1.807, 2.05) is 0 Å². The number of carbonyl (C=O) groups is 2. The lowest BCUT2D eigenvalue weighted by molar-refractivity contribution is -0.162. The van der Waals surface area contributed by atoms with Gasteiger partial charge in [-0.2, -0.15) is 0 Å². The molecular weight excluding hydrogens is 312 g/mol. The molecule has 2 heterocycles. The number of ether oxygens (including phenoxy) is 1. The standard InChI is InChI=1S/C17H24N2O5/c1-16(2,3)24-15(23)19-9-7-13(20)17(11-19,14(21)22)10-12-6-4-5-8-18-12/h4-6,8,13,20H,7,9-11H2,1-3H3,(H,21,22). The van der Waals surface area contributed by atoms with E-state index in [4.69, 9.17) is 4.74 Å². The van der Waals surface area contributed by atoms with Crippen molar-refractivity contribution >= 4 is 12.1 Å². The van der Waals surface area contributed by atoms with Gasteiger partial charge in [0.2, 0.25) is 0 Å². The van der Waals surface area contributed by atoms with Crippen LogP contribution in [0.25, 0.3) is 0 Å². The molecule has 1 aliphatic heterocycles. The van der Waals surface area contributed by atoms with Gasteiger partial charge >= 0.3 is 12.1 Å². The predicted molar refractivity (Wildman–Crippen MR) is 86.4 cm³/mol. The molecule has 0 bridgehead atoms. The summed E-state index contributed by atoms with van der Waals surface area (Å²) in [6.45, 7) is 5.40. The molecule has 2 atom stereocenters. The number of piperidine rings is 1. The van der Waals surface area contributed by atoms with Crippen LogP contribution in [0.15, 0.2) is 24.4 Å². The topological polar surface area (TPSA) is 100.0 Å². The third-order valence-electron chi connectivity index (χ3n) is 4.08. The molecule has 2 N–H and O–H groups in total. The third kappa shape index (κ3) is 4.03. The Labute approximate surface area is 141 Å². The van der Waals surface area contributed by atoms with Crippen molar-refractivity contribution < 1.29 is 24.5 Å². The molecule has 1 aromatic heterocycles. The maximum absolute atomic E-state index is 12.3. The summed E-state index contributed by atoms with van der Waals surface area (Å²) in [4.78, 5) is 29.8. The zero-order valence-electron chi connectivity index (χ0n) is 14.2. The Morgan fingerprint density at radius 1 is 1.42 bits per heavy atom. The maximum atomic E-state index is 12.3. The fourth-order valence-electron chi connectivity index (χ4n) is 2.85. The molecule has 1 aromatic rings. The second-order valence-electron chi connectivity index (χ2n) is 7.17. The van der Waals surface area contributed by atoms with Gasteiger partial charge < -0.3 is 19.8 Å². The minimum Gasteiger partial charge on any atom is -0.481 e. The van der Waals surface area contributed by atoms with Crippen molar-refractivity contribution in [2.75, 3.05) is 13.1 Å². The second-order valence-corrected chi connectivity index (χ2v) is 7.17. The van der Waals surface area contributed by atoms with Crippen molar-refractivity contribution in [3.05, 3.63) is 30.1 Å². The van der Waals surface area contributed by atoms with Gasteiger partial charge in [-0.05, 0) is 39.3 Å². The number of carboxylic acid groups (broad SMARTS) is 1. The maximum Gasteiger partial charge on any atom is 0.410 e. The number of hydrogen-bond acceptors (Lipinski definition) is 5. The highest BCUT2D eigenvalue weighted by atomic mass is 16.6. The Kier molecular flexibility index (Phi) is 5.13. The van der Waals surface area contributed by atoms with E-state index in [1.54, 1.807) is 45.2 Å². The molecule has 0 saturated carbocycles. The smallest absolute Gasteiger partial charge is 0.410 e. The quantitative estimate of drug-likeness (QED) is 0.871. The van der Waals surface area contributed by atoms with Gasteiger partial charge in [0, 0.05) is 31.4 Å². The lowest BCUT2D eigenvalue weighted by Gasteiger charge is -2.43. The number of aromatic nitrogens is 1. The molecule has 7 heteroatoms. The van der Waals surface area contributed by atoms with Crippen LogP contribution in [0.5, 0.6) is 0 Å². The minimum absolute atomic E-state index is 0.0453. The number of nitrogens with zero attached hydrogens (tertiary/aromatic N) is 2. The molecule has 0 spiro atoms. The van der Waals surface area contributed by atoms with Crippen LogP contribution in [0.3, 0.4) is 0 Å². The van der Waals surface area contributed by atoms with E-state index in [0.29, 0.717) is 5.69 Å². The minimum atomic E-state index is -1.50. The Hall–Kier alpha value is -2.15. The monoisotopic (exact) mass is 336 g/mol. The lowest BCUT2D eigenvalue weighted by atomic mass is 9.74. The molecule has 24 heavy (non-hydrogen) atoms. The zero-order chi connectivity index (χ0) is 18.0. The first-order valence-electron chi connectivity index (χ1n) is 7.93. The Balaban J connectivity index is 2.25. The SMILES string of the molecule is CC(C)(C)OC(=O)N1CCC(O)C(Cc2ccccn2)(C(=O)O)C1. The molecule has 7 nitrogen and oxygen atoms in total. The fraction of sp³-hybridized carbons (Fsp3) is 0.588. The number of carbonyl (C=O) groups excluding carboxylic acids is 1. The lowest BCUT2D eigenvalue weighted by Crippen LogP contribution is -2.58. The number of aliphatic hydroxyl groups is 1. The molecule has 1 fully saturated rings. The van der Waals surface area contributed by atoms with Gasteiger partial charge in [0.25, 0.3) is 0 Å². The van der Waals surface area contributed by atoms with Crippen LogP contribution in [-0.2, 0) is 16.0 Å². The molecule has 2 rings (SSSR count). The van der Waals surface area contributed by atoms with Crippen molar-refractivity contribution in [1.29, 1.82) is 0 Å². The number of rotatable bonds is 3. The summed E-state index contributed by atoms with van der Waals surface area (Å²) < 4.78 is 5.33. The van der Waals surface area contributed by atoms with Gasteiger partial charge in [-0.1, -0.05) is 6.07 Å². The van der Waals surface area contributed by atoms with Crippen molar-refractivity contribution in [1.82, 2.24) is 9.88 Å². The van der Waals surface area contributed by atoms with Gasteiger partial charge in [-0.15, -0.1) is 0 Å². The van der Waals surface area contributed by atoms with Crippen LogP contribution in [0.2, 0.25) is 0 Å². The van der Waals surface area contributed by atoms with Crippen LogP contribution in [0.4, 0.5) is 4.79 Å². The number of hydrogen-bond donors (Lipinski definition) is 2. The molecule has 1 aliphatic rings. The van der Waals surface area contributed by atoms with E-state index in [1.165, 1.54) is 4.90 Å². The summed E-state index contributed by atoms with van der Waals surface area (Å²) in [6, 6.07) is 5.21. The predicted octanol–water partition coefficient (Wildman–Crippen LogP) is 1.70. The third-order valence-corrected chi connectivity index (χ3v) is 4.08. The molecule has 0 aliphatic carbocycles. The van der Waals surface area contributed by atoms with Crippen LogP contribution in [-0.4, -0.2) is 57.0 Å². The summed E-state index contributed by atoms with van der Waals surface area (Å²) in [7, 11) is 0. The van der Waals surface area contributed by atoms with Crippen LogP contribution in [0, 0.1) is 5.41 Å². The number of carboxylic acids is 1. The first-order valence-corrected chi connectivity index (χ1v) is 7.93. The number of pyridine rings is 1. The van der Waals surface area contributed by atoms with Crippen LogP contribution >= 0.6 is 0 Å². The fourth-order valence-corrected chi connectivity index (χ4v) is 2.85. The molecule has 2 unspecified atom stereocenters. The van der Waals surface area contributed by atoms with Gasteiger partial charge in [0.05, 0.1) is 6.10 Å². The first kappa shape index (κ1) is 18.2. The highest BCUT2D eigenvalue weighted by molar-refractivity contribution is 5.78. The zero-order valence-corrected chi connectivity index (χ0v) is 14.2. The Morgan fingerprint density at radius 3 is 2.67 bits per heavy atom. The van der Waals surface area contributed by atoms with Crippen molar-refractivity contribution in [3.63, 3.8) is 0 Å².